The summed E-state index contributed by atoms with van der Waals surface area (Å²) in [5.74, 6) is -2.73. The number of carboxylic acids is 1. The van der Waals surface area contributed by atoms with Gasteiger partial charge in [0, 0.05) is 30.6 Å². The van der Waals surface area contributed by atoms with Crippen LogP contribution in [0, 0.1) is 11.6 Å². The molecule has 0 radical (unpaired) electrons. The summed E-state index contributed by atoms with van der Waals surface area (Å²) in [5, 5.41) is 29.8. The second-order valence-corrected chi connectivity index (χ2v) is 15.6. The van der Waals surface area contributed by atoms with E-state index in [0.29, 0.717) is 28.1 Å². The van der Waals surface area contributed by atoms with Crippen molar-refractivity contribution in [3.63, 3.8) is 0 Å². The number of sulfone groups is 1. The van der Waals surface area contributed by atoms with Crippen molar-refractivity contribution in [1.29, 1.82) is 0 Å². The molecule has 260 valence electrons. The van der Waals surface area contributed by atoms with Crippen LogP contribution in [0.5, 0.6) is 0 Å². The Hall–Kier alpha value is -2.95. The van der Waals surface area contributed by atoms with Crippen molar-refractivity contribution in [2.45, 2.75) is 74.1 Å². The molecule has 1 heterocycles. The van der Waals surface area contributed by atoms with E-state index in [4.69, 9.17) is 5.11 Å². The van der Waals surface area contributed by atoms with Crippen molar-refractivity contribution in [3.8, 4) is 22.4 Å². The predicted molar refractivity (Wildman–Crippen MR) is 184 cm³/mol. The van der Waals surface area contributed by atoms with Crippen molar-refractivity contribution in [3.05, 3.63) is 95.7 Å². The van der Waals surface area contributed by atoms with Crippen LogP contribution in [0.1, 0.15) is 50.3 Å². The number of aliphatic hydroxyl groups excluding tert-OH is 2. The number of halogens is 2. The van der Waals surface area contributed by atoms with E-state index in [1.54, 1.807) is 18.4 Å². The molecule has 0 saturated heterocycles. The Labute approximate surface area is 307 Å². The van der Waals surface area contributed by atoms with E-state index in [0.717, 1.165) is 6.26 Å². The van der Waals surface area contributed by atoms with E-state index in [1.165, 1.54) is 72.8 Å². The van der Waals surface area contributed by atoms with Crippen LogP contribution in [0.4, 0.5) is 8.78 Å². The molecule has 4 aromatic rings. The Bertz CT molecular complexity index is 1970. The first-order valence-corrected chi connectivity index (χ1v) is 18.5. The first-order chi connectivity index (χ1) is 22.5. The maximum absolute atomic E-state index is 14.4. The molecule has 3 aromatic carbocycles. The fourth-order valence-electron chi connectivity index (χ4n) is 5.58. The molecular formula is C34H39F2N2NaO8S2. The van der Waals surface area contributed by atoms with Gasteiger partial charge in [-0.1, -0.05) is 38.1 Å². The van der Waals surface area contributed by atoms with Crippen LogP contribution >= 0.6 is 0 Å². The summed E-state index contributed by atoms with van der Waals surface area (Å²) in [6, 6.07) is 16.4. The van der Waals surface area contributed by atoms with Crippen LogP contribution < -0.4 is 4.72 Å². The monoisotopic (exact) mass is 728 g/mol. The van der Waals surface area contributed by atoms with Crippen molar-refractivity contribution in [2.24, 2.45) is 0 Å². The van der Waals surface area contributed by atoms with E-state index in [1.807, 2.05) is 0 Å². The van der Waals surface area contributed by atoms with Gasteiger partial charge in [0.25, 0.3) is 0 Å². The Morgan fingerprint density at radius 3 is 1.86 bits per heavy atom. The number of carbonyl (C=O) groups is 1. The molecule has 15 heteroatoms. The molecule has 0 aliphatic heterocycles. The molecule has 2 atom stereocenters. The first-order valence-electron chi connectivity index (χ1n) is 15.1. The van der Waals surface area contributed by atoms with Gasteiger partial charge in [-0.2, -0.15) is 0 Å². The van der Waals surface area contributed by atoms with Gasteiger partial charge >= 0.3 is 35.5 Å². The summed E-state index contributed by atoms with van der Waals surface area (Å²) in [6.07, 6.45) is -2.17. The molecule has 4 N–H and O–H groups in total. The fourth-order valence-corrected chi connectivity index (χ4v) is 7.82. The number of benzene rings is 3. The SMILES string of the molecule is CC(C)c1c(S(=O)(=O)NCc2ccc(S(C)(=O)=O)cc2)c(-c2ccc(F)cc2)c(-c2ccc(F)cc2)n1CCC(O)CC(O)CC(=O)O.[NaH]. The zero-order chi connectivity index (χ0) is 35.4. The number of aromatic nitrogens is 1. The fraction of sp³-hybridized carbons (Fsp3) is 0.324. The van der Waals surface area contributed by atoms with Crippen LogP contribution in [-0.2, 0) is 37.7 Å². The van der Waals surface area contributed by atoms with Crippen molar-refractivity contribution in [2.75, 3.05) is 6.26 Å². The molecular weight excluding hydrogens is 690 g/mol. The predicted octanol–water partition coefficient (Wildman–Crippen LogP) is 4.43. The molecule has 0 saturated carbocycles. The van der Waals surface area contributed by atoms with Gasteiger partial charge < -0.3 is 19.9 Å². The van der Waals surface area contributed by atoms with Crippen LogP contribution in [-0.4, -0.2) is 90.7 Å². The maximum atomic E-state index is 14.4. The number of aliphatic hydroxyl groups is 2. The minimum atomic E-state index is -4.38. The summed E-state index contributed by atoms with van der Waals surface area (Å²) in [5.41, 5.74) is 2.20. The zero-order valence-corrected chi connectivity index (χ0v) is 28.2. The zero-order valence-electron chi connectivity index (χ0n) is 26.6. The first kappa shape index (κ1) is 40.5. The summed E-state index contributed by atoms with van der Waals surface area (Å²) < 4.78 is 85.1. The van der Waals surface area contributed by atoms with Gasteiger partial charge in [-0.05, 0) is 84.0 Å². The Kier molecular flexibility index (Phi) is 13.9. The van der Waals surface area contributed by atoms with Crippen molar-refractivity contribution < 1.29 is 45.7 Å². The standard InChI is InChI=1S/C34H38F2N2O8S2.Na.H/c1-21(2)32-34(48(45,46)37-20-22-4-14-29(15-5-22)47(3,43)44)31(23-6-10-25(35)11-7-23)33(24-8-12-26(36)13-9-24)38(32)17-16-27(39)18-28(40)19-30(41)42;;/h4-15,21,27-28,37,39-40H,16-20H2,1-3H3,(H,41,42);;. The molecule has 4 rings (SSSR count). The number of carboxylic acid groups (broad SMARTS) is 1. The topological polar surface area (TPSA) is 163 Å². The quantitative estimate of drug-likeness (QED) is 0.131. The summed E-state index contributed by atoms with van der Waals surface area (Å²) in [4.78, 5) is 11.0. The van der Waals surface area contributed by atoms with Crippen LogP contribution in [0.3, 0.4) is 0 Å². The summed E-state index contributed by atoms with van der Waals surface area (Å²) in [6.45, 7) is 3.40. The van der Waals surface area contributed by atoms with Gasteiger partial charge in [-0.3, -0.25) is 4.79 Å². The number of aliphatic carboxylic acids is 1. The third-order valence-electron chi connectivity index (χ3n) is 7.78. The molecule has 49 heavy (non-hydrogen) atoms. The van der Waals surface area contributed by atoms with E-state index in [9.17, 15) is 40.6 Å². The van der Waals surface area contributed by atoms with E-state index in [2.05, 4.69) is 4.72 Å². The molecule has 0 bridgehead atoms. The van der Waals surface area contributed by atoms with E-state index < -0.39 is 62.0 Å². The summed E-state index contributed by atoms with van der Waals surface area (Å²) >= 11 is 0. The van der Waals surface area contributed by atoms with Crippen LogP contribution in [0.15, 0.2) is 82.6 Å². The third kappa shape index (κ3) is 10.3. The molecule has 0 aliphatic carbocycles. The van der Waals surface area contributed by atoms with Crippen molar-refractivity contribution in [1.82, 2.24) is 9.29 Å². The Morgan fingerprint density at radius 2 is 1.37 bits per heavy atom. The number of sulfonamides is 1. The molecule has 0 spiro atoms. The van der Waals surface area contributed by atoms with Gasteiger partial charge in [0.2, 0.25) is 10.0 Å². The molecule has 0 aliphatic rings. The minimum absolute atomic E-state index is 0. The number of hydrogen-bond acceptors (Lipinski definition) is 7. The van der Waals surface area contributed by atoms with Gasteiger partial charge in [-0.15, -0.1) is 0 Å². The van der Waals surface area contributed by atoms with E-state index in [-0.39, 0.29) is 70.8 Å². The second kappa shape index (κ2) is 16.8. The van der Waals surface area contributed by atoms with Crippen molar-refractivity contribution >= 4 is 55.4 Å². The molecule has 0 fully saturated rings. The van der Waals surface area contributed by atoms with Gasteiger partial charge in [0.1, 0.15) is 16.5 Å². The third-order valence-corrected chi connectivity index (χ3v) is 10.4. The van der Waals surface area contributed by atoms with Gasteiger partial charge in [0.15, 0.2) is 9.84 Å². The number of nitrogens with one attached hydrogen (secondary N) is 1. The molecule has 1 aromatic heterocycles. The van der Waals surface area contributed by atoms with Gasteiger partial charge in [0.05, 0.1) is 29.2 Å². The number of hydrogen-bond donors (Lipinski definition) is 4. The summed E-state index contributed by atoms with van der Waals surface area (Å²) in [7, 11) is -7.84. The Morgan fingerprint density at radius 1 is 0.837 bits per heavy atom. The Balaban J connectivity index is 0.00000650. The van der Waals surface area contributed by atoms with Crippen LogP contribution in [0.25, 0.3) is 22.4 Å². The molecule has 0 amide bonds. The number of nitrogens with zero attached hydrogens (tertiary/aromatic N) is 1. The van der Waals surface area contributed by atoms with Gasteiger partial charge in [-0.25, -0.2) is 30.3 Å². The van der Waals surface area contributed by atoms with E-state index >= 15 is 0 Å². The van der Waals surface area contributed by atoms with Crippen LogP contribution in [0.2, 0.25) is 0 Å². The number of rotatable bonds is 15. The normalized spacial score (nSPS) is 13.2. The second-order valence-electron chi connectivity index (χ2n) is 11.9. The average Bonchev–Trinajstić information content (AvgIpc) is 3.35. The molecule has 2 unspecified atom stereocenters. The average molecular weight is 729 g/mol. The molecule has 10 nitrogen and oxygen atoms in total.